The Bertz CT molecular complexity index is 325. The number of hydrogen-bond donors (Lipinski definition) is 1. The van der Waals surface area contributed by atoms with Crippen LogP contribution in [0.3, 0.4) is 0 Å². The number of furan rings is 1. The van der Waals surface area contributed by atoms with Crippen LogP contribution in [0.5, 0.6) is 0 Å². The van der Waals surface area contributed by atoms with E-state index in [0.717, 1.165) is 12.2 Å². The molecule has 1 aliphatic heterocycles. The van der Waals surface area contributed by atoms with Gasteiger partial charge in [-0.25, -0.2) is 0 Å². The van der Waals surface area contributed by atoms with Gasteiger partial charge in [0.2, 0.25) is 0 Å². The van der Waals surface area contributed by atoms with E-state index in [9.17, 15) is 5.11 Å². The third kappa shape index (κ3) is 1.60. The van der Waals surface area contributed by atoms with Crippen LogP contribution in [-0.2, 0) is 4.74 Å². The first-order chi connectivity index (χ1) is 6.27. The number of aliphatic hydroxyl groups excluding tert-OH is 1. The summed E-state index contributed by atoms with van der Waals surface area (Å²) in [6.45, 7) is 2.51. The number of aryl methyl sites for hydroxylation is 1. The summed E-state index contributed by atoms with van der Waals surface area (Å²) in [5.74, 6) is 1.95. The highest BCUT2D eigenvalue weighted by atomic mass is 16.5. The van der Waals surface area contributed by atoms with Crippen LogP contribution < -0.4 is 0 Å². The van der Waals surface area contributed by atoms with Crippen LogP contribution in [0.2, 0.25) is 0 Å². The summed E-state index contributed by atoms with van der Waals surface area (Å²) in [5.41, 5.74) is 0. The van der Waals surface area contributed by atoms with Crippen molar-refractivity contribution in [2.45, 2.75) is 19.4 Å². The minimum absolute atomic E-state index is 0.547. The average molecular weight is 180 g/mol. The fourth-order valence-corrected chi connectivity index (χ4v) is 1.37. The molecule has 0 bridgehead atoms. The summed E-state index contributed by atoms with van der Waals surface area (Å²) < 4.78 is 10.5. The number of rotatable bonds is 2. The lowest BCUT2D eigenvalue weighted by Crippen LogP contribution is -2.00. The van der Waals surface area contributed by atoms with E-state index in [0.29, 0.717) is 18.1 Å². The standard InChI is InChI=1S/C10H12O3/c1-7-4-5-9(13-7)10(11)8-3-2-6-12-8/h3-5,10-11H,2,6H2,1H3. The molecule has 0 radical (unpaired) electrons. The van der Waals surface area contributed by atoms with E-state index in [-0.39, 0.29) is 0 Å². The van der Waals surface area contributed by atoms with E-state index in [2.05, 4.69) is 0 Å². The average Bonchev–Trinajstić information content (AvgIpc) is 2.72. The van der Waals surface area contributed by atoms with Crippen molar-refractivity contribution >= 4 is 0 Å². The first-order valence-electron chi connectivity index (χ1n) is 4.34. The Labute approximate surface area is 76.6 Å². The lowest BCUT2D eigenvalue weighted by molar-refractivity contribution is 0.102. The van der Waals surface area contributed by atoms with Crippen LogP contribution in [0.4, 0.5) is 0 Å². The van der Waals surface area contributed by atoms with Gasteiger partial charge in [-0.1, -0.05) is 0 Å². The summed E-state index contributed by atoms with van der Waals surface area (Å²) in [4.78, 5) is 0. The Kier molecular flexibility index (Phi) is 2.10. The highest BCUT2D eigenvalue weighted by Gasteiger charge is 2.20. The molecule has 0 saturated carbocycles. The third-order valence-corrected chi connectivity index (χ3v) is 2.03. The topological polar surface area (TPSA) is 42.6 Å². The fourth-order valence-electron chi connectivity index (χ4n) is 1.37. The molecule has 0 aromatic carbocycles. The summed E-state index contributed by atoms with van der Waals surface area (Å²) >= 11 is 0. The Morgan fingerprint density at radius 1 is 1.46 bits per heavy atom. The molecule has 0 amide bonds. The molecule has 2 rings (SSSR count). The quantitative estimate of drug-likeness (QED) is 0.756. The number of aliphatic hydroxyl groups is 1. The molecular formula is C10H12O3. The minimum Gasteiger partial charge on any atom is -0.495 e. The normalized spacial score (nSPS) is 18.2. The van der Waals surface area contributed by atoms with Crippen molar-refractivity contribution in [2.75, 3.05) is 6.61 Å². The maximum absolute atomic E-state index is 9.75. The zero-order valence-corrected chi connectivity index (χ0v) is 7.49. The first kappa shape index (κ1) is 8.38. The fraction of sp³-hybridized carbons (Fsp3) is 0.400. The van der Waals surface area contributed by atoms with Crippen LogP contribution in [0.25, 0.3) is 0 Å². The van der Waals surface area contributed by atoms with Crippen LogP contribution in [-0.4, -0.2) is 11.7 Å². The Balaban J connectivity index is 2.16. The van der Waals surface area contributed by atoms with Gasteiger partial charge in [-0.05, 0) is 25.1 Å². The van der Waals surface area contributed by atoms with Gasteiger partial charge in [0.15, 0.2) is 6.10 Å². The highest BCUT2D eigenvalue weighted by molar-refractivity contribution is 5.17. The second-order valence-electron chi connectivity index (χ2n) is 3.09. The summed E-state index contributed by atoms with van der Waals surface area (Å²) in [6.07, 6.45) is 2.02. The van der Waals surface area contributed by atoms with E-state index in [1.165, 1.54) is 0 Å². The lowest BCUT2D eigenvalue weighted by Gasteiger charge is -2.08. The molecule has 3 nitrogen and oxygen atoms in total. The van der Waals surface area contributed by atoms with Crippen molar-refractivity contribution in [3.63, 3.8) is 0 Å². The Morgan fingerprint density at radius 3 is 2.85 bits per heavy atom. The summed E-state index contributed by atoms with van der Waals surface area (Å²) in [6, 6.07) is 3.59. The number of ether oxygens (including phenoxy) is 1. The second kappa shape index (κ2) is 3.26. The third-order valence-electron chi connectivity index (χ3n) is 2.03. The van der Waals surface area contributed by atoms with Crippen molar-refractivity contribution in [1.82, 2.24) is 0 Å². The van der Waals surface area contributed by atoms with E-state index >= 15 is 0 Å². The molecule has 1 aliphatic rings. The van der Waals surface area contributed by atoms with E-state index in [1.54, 1.807) is 6.07 Å². The van der Waals surface area contributed by atoms with Crippen LogP contribution in [0, 0.1) is 6.92 Å². The molecule has 0 fully saturated rings. The Hall–Kier alpha value is -1.22. The van der Waals surface area contributed by atoms with Gasteiger partial charge in [0.25, 0.3) is 0 Å². The maximum atomic E-state index is 9.75. The predicted molar refractivity (Wildman–Crippen MR) is 47.1 cm³/mol. The zero-order chi connectivity index (χ0) is 9.26. The van der Waals surface area contributed by atoms with Gasteiger partial charge in [0.05, 0.1) is 6.61 Å². The Morgan fingerprint density at radius 2 is 2.31 bits per heavy atom. The van der Waals surface area contributed by atoms with Gasteiger partial charge in [-0.15, -0.1) is 0 Å². The molecule has 1 aromatic heterocycles. The molecule has 0 spiro atoms. The monoisotopic (exact) mass is 180 g/mol. The van der Waals surface area contributed by atoms with Crippen molar-refractivity contribution in [3.8, 4) is 0 Å². The van der Waals surface area contributed by atoms with E-state index in [4.69, 9.17) is 9.15 Å². The first-order valence-corrected chi connectivity index (χ1v) is 4.34. The van der Waals surface area contributed by atoms with Crippen molar-refractivity contribution < 1.29 is 14.3 Å². The molecule has 0 aliphatic carbocycles. The van der Waals surface area contributed by atoms with E-state index in [1.807, 2.05) is 19.1 Å². The molecule has 3 heteroatoms. The molecule has 1 N–H and O–H groups in total. The molecule has 0 saturated heterocycles. The minimum atomic E-state index is -0.740. The number of hydrogen-bond acceptors (Lipinski definition) is 3. The van der Waals surface area contributed by atoms with Crippen LogP contribution >= 0.6 is 0 Å². The molecule has 1 aromatic rings. The predicted octanol–water partition coefficient (Wildman–Crippen LogP) is 1.93. The van der Waals surface area contributed by atoms with Crippen molar-refractivity contribution in [2.24, 2.45) is 0 Å². The van der Waals surface area contributed by atoms with Crippen LogP contribution in [0.1, 0.15) is 24.0 Å². The zero-order valence-electron chi connectivity index (χ0n) is 7.49. The highest BCUT2D eigenvalue weighted by Crippen LogP contribution is 2.27. The SMILES string of the molecule is Cc1ccc(C(O)C2=CCCO2)o1. The van der Waals surface area contributed by atoms with Gasteiger partial charge in [0.1, 0.15) is 17.3 Å². The summed E-state index contributed by atoms with van der Waals surface area (Å²) in [5, 5.41) is 9.75. The van der Waals surface area contributed by atoms with Crippen LogP contribution in [0.15, 0.2) is 28.4 Å². The van der Waals surface area contributed by atoms with Crippen molar-refractivity contribution in [3.05, 3.63) is 35.5 Å². The molecule has 2 heterocycles. The van der Waals surface area contributed by atoms with E-state index < -0.39 is 6.10 Å². The second-order valence-corrected chi connectivity index (χ2v) is 3.09. The summed E-state index contributed by atoms with van der Waals surface area (Å²) in [7, 11) is 0. The van der Waals surface area contributed by atoms with Gasteiger partial charge >= 0.3 is 0 Å². The molecule has 1 unspecified atom stereocenters. The van der Waals surface area contributed by atoms with Gasteiger partial charge in [0, 0.05) is 6.42 Å². The molecule has 1 atom stereocenters. The van der Waals surface area contributed by atoms with Gasteiger partial charge in [-0.2, -0.15) is 0 Å². The molecular weight excluding hydrogens is 168 g/mol. The largest absolute Gasteiger partial charge is 0.495 e. The smallest absolute Gasteiger partial charge is 0.168 e. The molecule has 70 valence electrons. The molecule has 13 heavy (non-hydrogen) atoms. The maximum Gasteiger partial charge on any atom is 0.168 e. The van der Waals surface area contributed by atoms with Gasteiger partial charge < -0.3 is 14.3 Å². The van der Waals surface area contributed by atoms with Gasteiger partial charge in [-0.3, -0.25) is 0 Å². The lowest BCUT2D eigenvalue weighted by atomic mass is 10.2. The van der Waals surface area contributed by atoms with Crippen molar-refractivity contribution in [1.29, 1.82) is 0 Å².